The molecule has 0 bridgehead atoms. The first-order valence-electron chi connectivity index (χ1n) is 5.02. The third-order valence-electron chi connectivity index (χ3n) is 2.10. The molecule has 80 valence electrons. The number of hydrogen-bond acceptors (Lipinski definition) is 3. The van der Waals surface area contributed by atoms with Crippen molar-refractivity contribution in [1.82, 2.24) is 0 Å². The highest BCUT2D eigenvalue weighted by Crippen LogP contribution is 2.18. The Balaban J connectivity index is 2.80. The van der Waals surface area contributed by atoms with Crippen molar-refractivity contribution in [3.05, 3.63) is 29.8 Å². The number of para-hydroxylation sites is 1. The van der Waals surface area contributed by atoms with Gasteiger partial charge in [0.2, 0.25) is 5.78 Å². The molecule has 0 N–H and O–H groups in total. The van der Waals surface area contributed by atoms with Crippen LogP contribution in [0.1, 0.15) is 25.8 Å². The summed E-state index contributed by atoms with van der Waals surface area (Å²) in [7, 11) is 0. The van der Waals surface area contributed by atoms with Crippen LogP contribution >= 0.6 is 0 Å². The minimum Gasteiger partial charge on any atom is -0.421 e. The minimum atomic E-state index is -0.779. The number of ketones is 1. The maximum Gasteiger partial charge on any atom is 0.379 e. The lowest BCUT2D eigenvalue weighted by molar-refractivity contribution is -0.147. The van der Waals surface area contributed by atoms with E-state index in [-0.39, 0.29) is 6.42 Å². The maximum atomic E-state index is 11.2. The molecular formula is C12H14O3. The van der Waals surface area contributed by atoms with Crippen LogP contribution in [-0.2, 0) is 16.0 Å². The number of aryl methyl sites for hydroxylation is 1. The van der Waals surface area contributed by atoms with Crippen LogP contribution in [0.2, 0.25) is 0 Å². The summed E-state index contributed by atoms with van der Waals surface area (Å²) in [6, 6.07) is 7.22. The van der Waals surface area contributed by atoms with Crippen LogP contribution in [0.3, 0.4) is 0 Å². The minimum absolute atomic E-state index is 0.174. The number of carbonyl (C=O) groups is 2. The van der Waals surface area contributed by atoms with Gasteiger partial charge in [-0.25, -0.2) is 4.79 Å². The van der Waals surface area contributed by atoms with Gasteiger partial charge in [-0.3, -0.25) is 4.79 Å². The molecule has 1 rings (SSSR count). The number of ether oxygens (including phenoxy) is 1. The topological polar surface area (TPSA) is 43.4 Å². The van der Waals surface area contributed by atoms with E-state index in [1.54, 1.807) is 19.1 Å². The fraction of sp³-hybridized carbons (Fsp3) is 0.333. The van der Waals surface area contributed by atoms with Gasteiger partial charge < -0.3 is 4.74 Å². The van der Waals surface area contributed by atoms with Crippen LogP contribution in [0.5, 0.6) is 5.75 Å². The highest BCUT2D eigenvalue weighted by Gasteiger charge is 2.14. The highest BCUT2D eigenvalue weighted by atomic mass is 16.5. The number of benzene rings is 1. The van der Waals surface area contributed by atoms with Gasteiger partial charge in [-0.15, -0.1) is 0 Å². The van der Waals surface area contributed by atoms with E-state index in [1.807, 2.05) is 19.1 Å². The Morgan fingerprint density at radius 1 is 1.20 bits per heavy atom. The standard InChI is InChI=1S/C12H14O3/c1-3-9-7-5-6-8-11(9)15-12(14)10(13)4-2/h5-8H,3-4H2,1-2H3. The molecule has 0 saturated heterocycles. The van der Waals surface area contributed by atoms with Gasteiger partial charge in [-0.2, -0.15) is 0 Å². The molecule has 3 nitrogen and oxygen atoms in total. The first-order valence-corrected chi connectivity index (χ1v) is 5.02. The Labute approximate surface area is 89.1 Å². The Bertz CT molecular complexity index is 369. The molecule has 0 aromatic heterocycles. The van der Waals surface area contributed by atoms with Crippen molar-refractivity contribution in [3.8, 4) is 5.75 Å². The molecule has 1 aromatic carbocycles. The number of Topliss-reactive ketones (excluding diaryl/α,β-unsaturated/α-hetero) is 1. The summed E-state index contributed by atoms with van der Waals surface area (Å²) in [5.74, 6) is -0.800. The van der Waals surface area contributed by atoms with Crippen molar-refractivity contribution in [3.63, 3.8) is 0 Å². The fourth-order valence-electron chi connectivity index (χ4n) is 1.20. The van der Waals surface area contributed by atoms with Gasteiger partial charge >= 0.3 is 5.97 Å². The summed E-state index contributed by atoms with van der Waals surface area (Å²) in [5.41, 5.74) is 0.926. The van der Waals surface area contributed by atoms with E-state index in [0.717, 1.165) is 12.0 Å². The molecule has 0 heterocycles. The lowest BCUT2D eigenvalue weighted by Gasteiger charge is -2.06. The molecule has 0 aliphatic heterocycles. The number of carbonyl (C=O) groups excluding carboxylic acids is 2. The zero-order valence-corrected chi connectivity index (χ0v) is 8.95. The zero-order valence-electron chi connectivity index (χ0n) is 8.95. The first kappa shape index (κ1) is 11.4. The summed E-state index contributed by atoms with van der Waals surface area (Å²) in [5, 5.41) is 0. The smallest absolute Gasteiger partial charge is 0.379 e. The molecule has 3 heteroatoms. The second kappa shape index (κ2) is 5.29. The average molecular weight is 206 g/mol. The van der Waals surface area contributed by atoms with Gasteiger partial charge in [-0.1, -0.05) is 32.0 Å². The molecule has 0 amide bonds. The summed E-state index contributed by atoms with van der Waals surface area (Å²) in [6.45, 7) is 3.60. The normalized spacial score (nSPS) is 9.73. The average Bonchev–Trinajstić information content (AvgIpc) is 2.28. The van der Waals surface area contributed by atoms with E-state index < -0.39 is 11.8 Å². The van der Waals surface area contributed by atoms with Crippen molar-refractivity contribution in [2.75, 3.05) is 0 Å². The van der Waals surface area contributed by atoms with Gasteiger partial charge in [0.15, 0.2) is 0 Å². The van der Waals surface area contributed by atoms with Crippen LogP contribution in [0.25, 0.3) is 0 Å². The highest BCUT2D eigenvalue weighted by molar-refractivity contribution is 6.34. The van der Waals surface area contributed by atoms with Crippen LogP contribution in [0.15, 0.2) is 24.3 Å². The quantitative estimate of drug-likeness (QED) is 0.430. The Hall–Kier alpha value is -1.64. The van der Waals surface area contributed by atoms with Crippen LogP contribution in [0.4, 0.5) is 0 Å². The molecule has 0 spiro atoms. The van der Waals surface area contributed by atoms with Gasteiger partial charge in [-0.05, 0) is 18.1 Å². The molecule has 0 radical (unpaired) electrons. The van der Waals surface area contributed by atoms with E-state index in [9.17, 15) is 9.59 Å². The predicted octanol–water partition coefficient (Wildman–Crippen LogP) is 2.13. The molecular weight excluding hydrogens is 192 g/mol. The molecule has 0 saturated carbocycles. The molecule has 0 unspecified atom stereocenters. The van der Waals surface area contributed by atoms with E-state index in [4.69, 9.17) is 4.74 Å². The SMILES string of the molecule is CCC(=O)C(=O)Oc1ccccc1CC. The molecule has 0 atom stereocenters. The van der Waals surface area contributed by atoms with E-state index in [0.29, 0.717) is 5.75 Å². The summed E-state index contributed by atoms with van der Waals surface area (Å²) in [4.78, 5) is 22.3. The number of rotatable bonds is 4. The molecule has 15 heavy (non-hydrogen) atoms. The number of hydrogen-bond donors (Lipinski definition) is 0. The fourth-order valence-corrected chi connectivity index (χ4v) is 1.20. The second-order valence-electron chi connectivity index (χ2n) is 3.13. The predicted molar refractivity (Wildman–Crippen MR) is 56.8 cm³/mol. The third-order valence-corrected chi connectivity index (χ3v) is 2.10. The van der Waals surface area contributed by atoms with Crippen LogP contribution in [-0.4, -0.2) is 11.8 Å². The van der Waals surface area contributed by atoms with Crippen molar-refractivity contribution >= 4 is 11.8 Å². The first-order chi connectivity index (χ1) is 7.19. The van der Waals surface area contributed by atoms with Gasteiger partial charge in [0.05, 0.1) is 0 Å². The second-order valence-corrected chi connectivity index (χ2v) is 3.13. The van der Waals surface area contributed by atoms with E-state index in [1.165, 1.54) is 0 Å². The monoisotopic (exact) mass is 206 g/mol. The zero-order chi connectivity index (χ0) is 11.3. The lowest BCUT2D eigenvalue weighted by Crippen LogP contribution is -2.19. The van der Waals surface area contributed by atoms with Crippen LogP contribution in [0, 0.1) is 0 Å². The van der Waals surface area contributed by atoms with Gasteiger partial charge in [0, 0.05) is 6.42 Å². The van der Waals surface area contributed by atoms with Crippen LogP contribution < -0.4 is 4.74 Å². The van der Waals surface area contributed by atoms with E-state index in [2.05, 4.69) is 0 Å². The Morgan fingerprint density at radius 2 is 1.87 bits per heavy atom. The Kier molecular flexibility index (Phi) is 4.03. The van der Waals surface area contributed by atoms with Gasteiger partial charge in [0.1, 0.15) is 5.75 Å². The van der Waals surface area contributed by atoms with Gasteiger partial charge in [0.25, 0.3) is 0 Å². The molecule has 0 fully saturated rings. The molecule has 0 aliphatic carbocycles. The molecule has 1 aromatic rings. The lowest BCUT2D eigenvalue weighted by atomic mass is 10.1. The maximum absolute atomic E-state index is 11.2. The van der Waals surface area contributed by atoms with Crippen molar-refractivity contribution < 1.29 is 14.3 Å². The largest absolute Gasteiger partial charge is 0.421 e. The summed E-state index contributed by atoms with van der Waals surface area (Å²) >= 11 is 0. The molecule has 0 aliphatic rings. The van der Waals surface area contributed by atoms with Crippen molar-refractivity contribution in [2.45, 2.75) is 26.7 Å². The third kappa shape index (κ3) is 2.91. The van der Waals surface area contributed by atoms with Crippen molar-refractivity contribution in [1.29, 1.82) is 0 Å². The summed E-state index contributed by atoms with van der Waals surface area (Å²) < 4.78 is 5.00. The van der Waals surface area contributed by atoms with E-state index >= 15 is 0 Å². The van der Waals surface area contributed by atoms with Crippen molar-refractivity contribution in [2.24, 2.45) is 0 Å². The Morgan fingerprint density at radius 3 is 2.47 bits per heavy atom. The number of esters is 1. The summed E-state index contributed by atoms with van der Waals surface area (Å²) in [6.07, 6.45) is 0.941.